The van der Waals surface area contributed by atoms with E-state index in [4.69, 9.17) is 26.8 Å². The number of aliphatic hydroxyl groups is 3. The van der Waals surface area contributed by atoms with Crippen molar-refractivity contribution in [3.05, 3.63) is 0 Å². The lowest BCUT2D eigenvalue weighted by molar-refractivity contribution is -0.100. The maximum Gasteiger partial charge on any atom is 0.109 e. The predicted octanol–water partition coefficient (Wildman–Crippen LogP) is -2.87. The molecule has 5 nitrogen and oxygen atoms in total. The molecule has 1 fully saturated rings. The smallest absolute Gasteiger partial charge is 0.109 e. The first kappa shape index (κ1) is 8.89. The summed E-state index contributed by atoms with van der Waals surface area (Å²) in [4.78, 5) is 0. The van der Waals surface area contributed by atoms with Crippen LogP contribution in [0.2, 0.25) is 0 Å². The summed E-state index contributed by atoms with van der Waals surface area (Å²) in [6, 6.07) is -1.08. The highest BCUT2D eigenvalue weighted by Gasteiger charge is 2.39. The normalized spacial score (nSPS) is 52.6. The molecule has 5 atom stereocenters. The fourth-order valence-electron chi connectivity index (χ4n) is 1.30. The Labute approximate surface area is 64.6 Å². The van der Waals surface area contributed by atoms with Gasteiger partial charge in [0, 0.05) is 12.1 Å². The van der Waals surface area contributed by atoms with E-state index in [9.17, 15) is 0 Å². The average Bonchev–Trinajstić information content (AvgIpc) is 1.97. The highest BCUT2D eigenvalue weighted by atomic mass is 16.4. The number of rotatable bonds is 0. The van der Waals surface area contributed by atoms with Crippen molar-refractivity contribution in [1.29, 1.82) is 0 Å². The first-order valence-electron chi connectivity index (χ1n) is 3.59. The Morgan fingerprint density at radius 1 is 0.818 bits per heavy atom. The second kappa shape index (κ2) is 3.04. The van der Waals surface area contributed by atoms with Gasteiger partial charge < -0.3 is 26.8 Å². The van der Waals surface area contributed by atoms with Crippen LogP contribution in [0.4, 0.5) is 0 Å². The highest BCUT2D eigenvalue weighted by molar-refractivity contribution is 4.96. The van der Waals surface area contributed by atoms with E-state index in [0.717, 1.165) is 0 Å². The Kier molecular flexibility index (Phi) is 2.46. The quantitative estimate of drug-likeness (QED) is 0.263. The van der Waals surface area contributed by atoms with Crippen LogP contribution in [0.3, 0.4) is 0 Å². The van der Waals surface area contributed by atoms with E-state index in [2.05, 4.69) is 0 Å². The minimum absolute atomic E-state index is 0.333. The van der Waals surface area contributed by atoms with Crippen molar-refractivity contribution in [2.45, 2.75) is 36.8 Å². The molecular weight excluding hydrogens is 148 g/mol. The van der Waals surface area contributed by atoms with Crippen LogP contribution in [-0.4, -0.2) is 45.7 Å². The van der Waals surface area contributed by atoms with Crippen LogP contribution in [0.15, 0.2) is 0 Å². The van der Waals surface area contributed by atoms with E-state index in [1.807, 2.05) is 0 Å². The van der Waals surface area contributed by atoms with E-state index in [-0.39, 0.29) is 0 Å². The van der Waals surface area contributed by atoms with Crippen LogP contribution < -0.4 is 11.5 Å². The molecule has 1 saturated carbocycles. The van der Waals surface area contributed by atoms with E-state index in [1.165, 1.54) is 0 Å². The zero-order chi connectivity index (χ0) is 8.59. The van der Waals surface area contributed by atoms with Gasteiger partial charge >= 0.3 is 0 Å². The van der Waals surface area contributed by atoms with Gasteiger partial charge in [-0.05, 0) is 6.42 Å². The summed E-state index contributed by atoms with van der Waals surface area (Å²) < 4.78 is 0. The van der Waals surface area contributed by atoms with Gasteiger partial charge in [0.1, 0.15) is 6.10 Å². The first-order chi connectivity index (χ1) is 5.04. The molecule has 0 spiro atoms. The van der Waals surface area contributed by atoms with Gasteiger partial charge in [0.2, 0.25) is 0 Å². The fourth-order valence-corrected chi connectivity index (χ4v) is 1.30. The minimum atomic E-state index is -1.21. The van der Waals surface area contributed by atoms with E-state index >= 15 is 0 Å². The maximum absolute atomic E-state index is 9.14. The van der Waals surface area contributed by atoms with Crippen LogP contribution >= 0.6 is 0 Å². The van der Waals surface area contributed by atoms with E-state index in [0.29, 0.717) is 6.42 Å². The second-order valence-corrected chi connectivity index (χ2v) is 3.04. The highest BCUT2D eigenvalue weighted by Crippen LogP contribution is 2.17. The van der Waals surface area contributed by atoms with Crippen LogP contribution in [0.5, 0.6) is 0 Å². The molecule has 11 heavy (non-hydrogen) atoms. The van der Waals surface area contributed by atoms with Crippen molar-refractivity contribution in [3.63, 3.8) is 0 Å². The largest absolute Gasteiger partial charge is 0.389 e. The summed E-state index contributed by atoms with van der Waals surface area (Å²) in [5.41, 5.74) is 10.8. The molecule has 0 radical (unpaired) electrons. The molecule has 1 unspecified atom stereocenters. The number of aliphatic hydroxyl groups excluding tert-OH is 3. The molecular formula is C6H14N2O3. The second-order valence-electron chi connectivity index (χ2n) is 3.04. The zero-order valence-corrected chi connectivity index (χ0v) is 6.09. The van der Waals surface area contributed by atoms with Crippen molar-refractivity contribution < 1.29 is 15.3 Å². The van der Waals surface area contributed by atoms with Crippen LogP contribution in [0.25, 0.3) is 0 Å². The standard InChI is InChI=1S/C6H14N2O3/c7-2-1-3(8)5(10)6(11)4(2)9/h2-6,9-11H,1,7-8H2/t2-,3+,4-,5-,6?/m1/s1. The Balaban J connectivity index is 2.63. The van der Waals surface area contributed by atoms with E-state index < -0.39 is 30.4 Å². The summed E-state index contributed by atoms with van der Waals surface area (Å²) in [6.45, 7) is 0. The summed E-state index contributed by atoms with van der Waals surface area (Å²) >= 11 is 0. The lowest BCUT2D eigenvalue weighted by Gasteiger charge is -2.37. The van der Waals surface area contributed by atoms with Crippen LogP contribution in [-0.2, 0) is 0 Å². The zero-order valence-electron chi connectivity index (χ0n) is 6.09. The molecule has 0 aromatic carbocycles. The molecule has 5 heteroatoms. The molecule has 0 aliphatic heterocycles. The van der Waals surface area contributed by atoms with Gasteiger partial charge in [-0.25, -0.2) is 0 Å². The number of hydrogen-bond donors (Lipinski definition) is 5. The molecule has 1 aliphatic carbocycles. The Morgan fingerprint density at radius 2 is 1.18 bits per heavy atom. The molecule has 0 saturated heterocycles. The summed E-state index contributed by atoms with van der Waals surface area (Å²) in [7, 11) is 0. The van der Waals surface area contributed by atoms with Gasteiger partial charge in [0.25, 0.3) is 0 Å². The van der Waals surface area contributed by atoms with Gasteiger partial charge in [-0.1, -0.05) is 0 Å². The SMILES string of the molecule is N[C@@H]1C[C@H](N)[C@@H](O)C(O)[C@@H]1O. The van der Waals surface area contributed by atoms with Gasteiger partial charge in [0.15, 0.2) is 0 Å². The van der Waals surface area contributed by atoms with Crippen molar-refractivity contribution in [2.75, 3.05) is 0 Å². The van der Waals surface area contributed by atoms with Crippen LogP contribution in [0.1, 0.15) is 6.42 Å². The molecule has 66 valence electrons. The third-order valence-corrected chi connectivity index (χ3v) is 2.12. The third-order valence-electron chi connectivity index (χ3n) is 2.12. The van der Waals surface area contributed by atoms with Crippen molar-refractivity contribution in [2.24, 2.45) is 11.5 Å². The summed E-state index contributed by atoms with van der Waals surface area (Å²) in [5, 5.41) is 27.4. The lowest BCUT2D eigenvalue weighted by atomic mass is 9.85. The topological polar surface area (TPSA) is 113 Å². The monoisotopic (exact) mass is 162 g/mol. The minimum Gasteiger partial charge on any atom is -0.389 e. The Bertz CT molecular complexity index is 130. The van der Waals surface area contributed by atoms with Gasteiger partial charge in [-0.3, -0.25) is 0 Å². The Morgan fingerprint density at radius 3 is 1.55 bits per heavy atom. The number of nitrogens with two attached hydrogens (primary N) is 2. The summed E-state index contributed by atoms with van der Waals surface area (Å²) in [6.07, 6.45) is -3.01. The van der Waals surface area contributed by atoms with Gasteiger partial charge in [0.05, 0.1) is 12.2 Å². The lowest BCUT2D eigenvalue weighted by Crippen LogP contribution is -2.61. The van der Waals surface area contributed by atoms with E-state index in [1.54, 1.807) is 0 Å². The molecule has 7 N–H and O–H groups in total. The van der Waals surface area contributed by atoms with Gasteiger partial charge in [-0.15, -0.1) is 0 Å². The average molecular weight is 162 g/mol. The van der Waals surface area contributed by atoms with Gasteiger partial charge in [-0.2, -0.15) is 0 Å². The van der Waals surface area contributed by atoms with Crippen molar-refractivity contribution >= 4 is 0 Å². The van der Waals surface area contributed by atoms with Crippen molar-refractivity contribution in [1.82, 2.24) is 0 Å². The Hall–Kier alpha value is -0.200. The molecule has 0 amide bonds. The molecule has 0 aromatic heterocycles. The molecule has 1 rings (SSSR count). The molecule has 0 aromatic rings. The van der Waals surface area contributed by atoms with Crippen LogP contribution in [0, 0.1) is 0 Å². The maximum atomic E-state index is 9.14. The molecule has 0 heterocycles. The fraction of sp³-hybridized carbons (Fsp3) is 1.00. The predicted molar refractivity (Wildman–Crippen MR) is 38.6 cm³/mol. The molecule has 1 aliphatic rings. The number of hydrogen-bond acceptors (Lipinski definition) is 5. The molecule has 0 bridgehead atoms. The third kappa shape index (κ3) is 1.52. The van der Waals surface area contributed by atoms with Crippen molar-refractivity contribution in [3.8, 4) is 0 Å². The summed E-state index contributed by atoms with van der Waals surface area (Å²) in [5.74, 6) is 0. The first-order valence-corrected chi connectivity index (χ1v) is 3.59.